The Hall–Kier alpha value is -0.470. The first-order valence-corrected chi connectivity index (χ1v) is 5.01. The number of furan rings is 1. The molecule has 2 rings (SSSR count). The predicted octanol–water partition coefficient (Wildman–Crippen LogP) is 2.56. The molecule has 1 heterocycles. The van der Waals surface area contributed by atoms with Crippen LogP contribution in [0.1, 0.15) is 31.1 Å². The van der Waals surface area contributed by atoms with E-state index >= 15 is 0 Å². The van der Waals surface area contributed by atoms with Gasteiger partial charge in [-0.05, 0) is 30.5 Å². The van der Waals surface area contributed by atoms with Crippen LogP contribution in [0.4, 0.5) is 0 Å². The third-order valence-corrected chi connectivity index (χ3v) is 3.04. The second-order valence-corrected chi connectivity index (χ2v) is 4.37. The molecule has 0 amide bonds. The summed E-state index contributed by atoms with van der Waals surface area (Å²) in [5.74, 6) is 2.01. The SMILES string of the molecule is CC(N)C1c2cc(Cl)oc2CC1C. The van der Waals surface area contributed by atoms with E-state index < -0.39 is 0 Å². The molecular weight excluding hydrogens is 186 g/mol. The average Bonchev–Trinajstić information content (AvgIpc) is 2.41. The van der Waals surface area contributed by atoms with E-state index in [9.17, 15) is 0 Å². The highest BCUT2D eigenvalue weighted by Crippen LogP contribution is 2.41. The lowest BCUT2D eigenvalue weighted by Crippen LogP contribution is -2.26. The summed E-state index contributed by atoms with van der Waals surface area (Å²) in [5.41, 5.74) is 7.14. The molecule has 0 bridgehead atoms. The molecule has 0 saturated carbocycles. The van der Waals surface area contributed by atoms with Crippen LogP contribution in [-0.2, 0) is 6.42 Å². The van der Waals surface area contributed by atoms with Gasteiger partial charge in [-0.25, -0.2) is 0 Å². The van der Waals surface area contributed by atoms with Gasteiger partial charge in [0.25, 0.3) is 0 Å². The van der Waals surface area contributed by atoms with Gasteiger partial charge in [0.2, 0.25) is 0 Å². The van der Waals surface area contributed by atoms with E-state index in [-0.39, 0.29) is 6.04 Å². The minimum Gasteiger partial charge on any atom is -0.449 e. The number of hydrogen-bond acceptors (Lipinski definition) is 2. The van der Waals surface area contributed by atoms with E-state index in [2.05, 4.69) is 6.92 Å². The van der Waals surface area contributed by atoms with E-state index in [1.807, 2.05) is 13.0 Å². The third kappa shape index (κ3) is 1.38. The molecule has 3 heteroatoms. The molecule has 1 aromatic rings. The molecule has 1 aliphatic carbocycles. The molecule has 0 spiro atoms. The molecular formula is C10H14ClNO. The van der Waals surface area contributed by atoms with Crippen molar-refractivity contribution in [2.24, 2.45) is 11.7 Å². The first-order valence-electron chi connectivity index (χ1n) is 4.63. The topological polar surface area (TPSA) is 39.2 Å². The van der Waals surface area contributed by atoms with E-state index in [1.54, 1.807) is 0 Å². The summed E-state index contributed by atoms with van der Waals surface area (Å²) in [6.07, 6.45) is 0.967. The lowest BCUT2D eigenvalue weighted by Gasteiger charge is -2.19. The van der Waals surface area contributed by atoms with E-state index in [4.69, 9.17) is 21.8 Å². The molecule has 13 heavy (non-hydrogen) atoms. The van der Waals surface area contributed by atoms with Crippen molar-refractivity contribution in [3.8, 4) is 0 Å². The first-order chi connectivity index (χ1) is 6.09. The molecule has 0 fully saturated rings. The Balaban J connectivity index is 2.38. The van der Waals surface area contributed by atoms with Gasteiger partial charge in [-0.2, -0.15) is 0 Å². The van der Waals surface area contributed by atoms with Crippen LogP contribution in [0.2, 0.25) is 5.22 Å². The van der Waals surface area contributed by atoms with Crippen molar-refractivity contribution >= 4 is 11.6 Å². The summed E-state index contributed by atoms with van der Waals surface area (Å²) in [4.78, 5) is 0. The normalized spacial score (nSPS) is 28.9. The van der Waals surface area contributed by atoms with Gasteiger partial charge in [0.05, 0.1) is 0 Å². The van der Waals surface area contributed by atoms with Gasteiger partial charge in [-0.3, -0.25) is 0 Å². The molecule has 72 valence electrons. The Bertz CT molecular complexity index is 319. The second kappa shape index (κ2) is 3.03. The predicted molar refractivity (Wildman–Crippen MR) is 53.0 cm³/mol. The Morgan fingerprint density at radius 1 is 1.69 bits per heavy atom. The van der Waals surface area contributed by atoms with Crippen LogP contribution in [0.25, 0.3) is 0 Å². The smallest absolute Gasteiger partial charge is 0.193 e. The lowest BCUT2D eigenvalue weighted by molar-refractivity contribution is 0.422. The van der Waals surface area contributed by atoms with Gasteiger partial charge in [0.15, 0.2) is 5.22 Å². The highest BCUT2D eigenvalue weighted by Gasteiger charge is 2.34. The highest BCUT2D eigenvalue weighted by molar-refractivity contribution is 6.29. The van der Waals surface area contributed by atoms with E-state index in [1.165, 1.54) is 5.56 Å². The van der Waals surface area contributed by atoms with Gasteiger partial charge in [-0.15, -0.1) is 0 Å². The number of halogens is 1. The van der Waals surface area contributed by atoms with Gasteiger partial charge in [0.1, 0.15) is 5.76 Å². The maximum Gasteiger partial charge on any atom is 0.193 e. The van der Waals surface area contributed by atoms with Crippen molar-refractivity contribution in [2.75, 3.05) is 0 Å². The zero-order valence-corrected chi connectivity index (χ0v) is 8.64. The Morgan fingerprint density at radius 2 is 2.38 bits per heavy atom. The van der Waals surface area contributed by atoms with Crippen LogP contribution in [0.15, 0.2) is 10.5 Å². The molecule has 1 aromatic heterocycles. The van der Waals surface area contributed by atoms with Crippen molar-refractivity contribution < 1.29 is 4.42 Å². The zero-order chi connectivity index (χ0) is 9.59. The quantitative estimate of drug-likeness (QED) is 0.755. The number of fused-ring (bicyclic) bond motifs is 1. The van der Waals surface area contributed by atoms with E-state index in [0.29, 0.717) is 17.1 Å². The molecule has 1 aliphatic rings. The van der Waals surface area contributed by atoms with Crippen molar-refractivity contribution in [3.05, 3.63) is 22.6 Å². The number of nitrogens with two attached hydrogens (primary N) is 1. The molecule has 3 atom stereocenters. The lowest BCUT2D eigenvalue weighted by atomic mass is 9.89. The number of rotatable bonds is 1. The van der Waals surface area contributed by atoms with Crippen molar-refractivity contribution in [3.63, 3.8) is 0 Å². The summed E-state index contributed by atoms with van der Waals surface area (Å²) in [6, 6.07) is 2.08. The Morgan fingerprint density at radius 3 is 3.00 bits per heavy atom. The fourth-order valence-corrected chi connectivity index (χ4v) is 2.59. The zero-order valence-electron chi connectivity index (χ0n) is 7.88. The van der Waals surface area contributed by atoms with Crippen LogP contribution in [-0.4, -0.2) is 6.04 Å². The first kappa shape index (κ1) is 9.10. The Kier molecular flexibility index (Phi) is 2.12. The van der Waals surface area contributed by atoms with Crippen LogP contribution in [0.3, 0.4) is 0 Å². The largest absolute Gasteiger partial charge is 0.449 e. The van der Waals surface area contributed by atoms with Crippen LogP contribution >= 0.6 is 11.6 Å². The fourth-order valence-electron chi connectivity index (χ4n) is 2.38. The van der Waals surface area contributed by atoms with Crippen LogP contribution in [0, 0.1) is 5.92 Å². The summed E-state index contributed by atoms with van der Waals surface area (Å²) >= 11 is 5.79. The van der Waals surface area contributed by atoms with Crippen molar-refractivity contribution in [1.82, 2.24) is 0 Å². The van der Waals surface area contributed by atoms with Crippen LogP contribution < -0.4 is 5.73 Å². The molecule has 2 nitrogen and oxygen atoms in total. The average molecular weight is 200 g/mol. The molecule has 0 saturated heterocycles. The molecule has 2 N–H and O–H groups in total. The molecule has 0 aliphatic heterocycles. The summed E-state index contributed by atoms with van der Waals surface area (Å²) in [5, 5.41) is 0.488. The fraction of sp³-hybridized carbons (Fsp3) is 0.600. The molecule has 3 unspecified atom stereocenters. The molecule has 0 radical (unpaired) electrons. The van der Waals surface area contributed by atoms with Gasteiger partial charge >= 0.3 is 0 Å². The maximum atomic E-state index is 5.93. The van der Waals surface area contributed by atoms with Crippen molar-refractivity contribution in [1.29, 1.82) is 0 Å². The minimum absolute atomic E-state index is 0.171. The van der Waals surface area contributed by atoms with Crippen LogP contribution in [0.5, 0.6) is 0 Å². The van der Waals surface area contributed by atoms with E-state index in [0.717, 1.165) is 12.2 Å². The monoisotopic (exact) mass is 199 g/mol. The standard InChI is InChI=1S/C10H14ClNO/c1-5-3-8-7(4-9(11)13-8)10(5)6(2)12/h4-6,10H,3,12H2,1-2H3. The summed E-state index contributed by atoms with van der Waals surface area (Å²) < 4.78 is 5.39. The van der Waals surface area contributed by atoms with Gasteiger partial charge < -0.3 is 10.2 Å². The minimum atomic E-state index is 0.171. The van der Waals surface area contributed by atoms with Crippen molar-refractivity contribution in [2.45, 2.75) is 32.2 Å². The Labute approximate surface area is 83.1 Å². The second-order valence-electron chi connectivity index (χ2n) is 4.00. The molecule has 0 aromatic carbocycles. The number of hydrogen-bond donors (Lipinski definition) is 1. The van der Waals surface area contributed by atoms with Gasteiger partial charge in [0, 0.05) is 23.9 Å². The highest BCUT2D eigenvalue weighted by atomic mass is 35.5. The summed E-state index contributed by atoms with van der Waals surface area (Å²) in [7, 11) is 0. The van der Waals surface area contributed by atoms with Gasteiger partial charge in [-0.1, -0.05) is 6.92 Å². The summed E-state index contributed by atoms with van der Waals surface area (Å²) in [6.45, 7) is 4.24. The maximum absolute atomic E-state index is 5.93. The third-order valence-electron chi connectivity index (χ3n) is 2.86.